The number of nitrogens with zero attached hydrogens (tertiary/aromatic N) is 1. The van der Waals surface area contributed by atoms with Gasteiger partial charge in [0.25, 0.3) is 0 Å². The van der Waals surface area contributed by atoms with Gasteiger partial charge in [-0.1, -0.05) is 19.9 Å². The smallest absolute Gasteiger partial charge is 0.134 e. The van der Waals surface area contributed by atoms with E-state index >= 15 is 0 Å². The Bertz CT molecular complexity index is 125. The molecule has 0 spiro atoms. The molecule has 0 aliphatic heterocycles. The van der Waals surface area contributed by atoms with E-state index in [0.29, 0.717) is 0 Å². The number of hydrogen-bond donors (Lipinski definition) is 0. The summed E-state index contributed by atoms with van der Waals surface area (Å²) in [5, 5.41) is 0. The van der Waals surface area contributed by atoms with Crippen LogP contribution in [0, 0.1) is 0 Å². The fraction of sp³-hybridized carbons (Fsp3) is 1.00. The van der Waals surface area contributed by atoms with Crippen molar-refractivity contribution in [2.45, 2.75) is 32.2 Å². The minimum Gasteiger partial charge on any atom is -0.366 e. The maximum atomic E-state index is 5.59. The Morgan fingerprint density at radius 2 is 1.75 bits per heavy atom. The van der Waals surface area contributed by atoms with E-state index in [-0.39, 0.29) is 15.4 Å². The molecular formula is C11H27NO3Si. The summed E-state index contributed by atoms with van der Waals surface area (Å²) in [4.78, 5) is 2.27. The van der Waals surface area contributed by atoms with Gasteiger partial charge in [-0.25, -0.2) is 0 Å². The van der Waals surface area contributed by atoms with Crippen LogP contribution in [-0.4, -0.2) is 61.0 Å². The van der Waals surface area contributed by atoms with Crippen LogP contribution >= 0.6 is 0 Å². The highest BCUT2D eigenvalue weighted by Crippen LogP contribution is 1.97. The zero-order chi connectivity index (χ0) is 12.2. The van der Waals surface area contributed by atoms with Crippen molar-refractivity contribution in [2.24, 2.45) is 0 Å². The van der Waals surface area contributed by atoms with Gasteiger partial charge in [0.1, 0.15) is 5.91 Å². The third-order valence-electron chi connectivity index (χ3n) is 2.67. The van der Waals surface area contributed by atoms with Crippen LogP contribution in [0.4, 0.5) is 0 Å². The molecule has 0 saturated carbocycles. The van der Waals surface area contributed by atoms with Gasteiger partial charge in [-0.15, -0.1) is 0 Å². The molecule has 0 bridgehead atoms. The van der Waals surface area contributed by atoms with Gasteiger partial charge in [0.2, 0.25) is 0 Å². The molecule has 0 aromatic heterocycles. The molecule has 0 aromatic carbocycles. The third kappa shape index (κ3) is 8.24. The number of ether oxygens (including phenoxy) is 3. The van der Waals surface area contributed by atoms with E-state index in [1.54, 1.807) is 14.2 Å². The van der Waals surface area contributed by atoms with Crippen molar-refractivity contribution in [1.82, 2.24) is 4.90 Å². The van der Waals surface area contributed by atoms with Crippen LogP contribution in [0.2, 0.25) is 6.04 Å². The minimum atomic E-state index is -0.271. The van der Waals surface area contributed by atoms with E-state index in [1.165, 1.54) is 6.04 Å². The highest BCUT2D eigenvalue weighted by molar-refractivity contribution is 6.36. The van der Waals surface area contributed by atoms with Gasteiger partial charge in [-0.2, -0.15) is 0 Å². The van der Waals surface area contributed by atoms with Gasteiger partial charge < -0.3 is 14.2 Å². The van der Waals surface area contributed by atoms with Crippen LogP contribution in [0.1, 0.15) is 20.3 Å². The van der Waals surface area contributed by atoms with E-state index in [9.17, 15) is 0 Å². The van der Waals surface area contributed by atoms with Crippen LogP contribution in [0.3, 0.4) is 0 Å². The molecule has 16 heavy (non-hydrogen) atoms. The lowest BCUT2D eigenvalue weighted by molar-refractivity contribution is -0.0443. The van der Waals surface area contributed by atoms with Crippen LogP contribution in [0.15, 0.2) is 0 Å². The van der Waals surface area contributed by atoms with E-state index in [2.05, 4.69) is 18.7 Å². The molecule has 5 heteroatoms. The molecule has 4 nitrogen and oxygen atoms in total. The van der Waals surface area contributed by atoms with Crippen LogP contribution in [0.5, 0.6) is 0 Å². The average Bonchev–Trinajstić information content (AvgIpc) is 2.33. The molecule has 0 fully saturated rings. The summed E-state index contributed by atoms with van der Waals surface area (Å²) in [6.07, 6.45) is 1.12. The van der Waals surface area contributed by atoms with Crippen molar-refractivity contribution in [3.63, 3.8) is 0 Å². The number of hydrogen-bond acceptors (Lipinski definition) is 4. The molecule has 0 radical (unpaired) electrons. The number of methoxy groups -OCH3 is 2. The van der Waals surface area contributed by atoms with Gasteiger partial charge in [-0.3, -0.25) is 4.90 Å². The summed E-state index contributed by atoms with van der Waals surface area (Å²) < 4.78 is 15.9. The first-order valence-corrected chi connectivity index (χ1v) is 7.95. The number of rotatable bonds is 11. The predicted molar refractivity (Wildman–Crippen MR) is 69.5 cm³/mol. The highest BCUT2D eigenvalue weighted by atomic mass is 28.2. The first-order valence-electron chi connectivity index (χ1n) is 6.14. The Balaban J connectivity index is 3.26. The summed E-state index contributed by atoms with van der Waals surface area (Å²) in [7, 11) is 3.14. The molecule has 0 atom stereocenters. The second-order valence-electron chi connectivity index (χ2n) is 3.74. The summed E-state index contributed by atoms with van der Waals surface area (Å²) in [5.41, 5.74) is 0. The topological polar surface area (TPSA) is 30.9 Å². The molecular weight excluding hydrogens is 222 g/mol. The van der Waals surface area contributed by atoms with Gasteiger partial charge in [0.15, 0.2) is 0 Å². The standard InChI is InChI=1S/C11H27NO3Si/c1-5-12(6-2)10-15-8-7-9-16-11(13-3)14-4/h11H,5-10,16H2,1-4H3. The van der Waals surface area contributed by atoms with Crippen molar-refractivity contribution in [3.8, 4) is 0 Å². The predicted octanol–water partition coefficient (Wildman–Crippen LogP) is 0.856. The zero-order valence-corrected chi connectivity index (χ0v) is 12.6. The summed E-state index contributed by atoms with van der Waals surface area (Å²) in [6, 6.07) is 1.21. The molecule has 0 aromatic rings. The SMILES string of the molecule is CCN(CC)COCCC[SiH2]C(OC)OC. The fourth-order valence-corrected chi connectivity index (χ4v) is 2.74. The summed E-state index contributed by atoms with van der Waals surface area (Å²) in [6.45, 7) is 8.03. The first-order chi connectivity index (χ1) is 7.78. The van der Waals surface area contributed by atoms with E-state index in [1.807, 2.05) is 0 Å². The minimum absolute atomic E-state index is 0.0720. The van der Waals surface area contributed by atoms with Crippen molar-refractivity contribution in [3.05, 3.63) is 0 Å². The van der Waals surface area contributed by atoms with Crippen molar-refractivity contribution < 1.29 is 14.2 Å². The first kappa shape index (κ1) is 16.1. The fourth-order valence-electron chi connectivity index (χ4n) is 1.45. The van der Waals surface area contributed by atoms with E-state index in [4.69, 9.17) is 14.2 Å². The maximum Gasteiger partial charge on any atom is 0.134 e. The molecule has 0 unspecified atom stereocenters. The van der Waals surface area contributed by atoms with Crippen LogP contribution < -0.4 is 0 Å². The third-order valence-corrected chi connectivity index (χ3v) is 4.72. The van der Waals surface area contributed by atoms with Crippen molar-refractivity contribution in [2.75, 3.05) is 40.6 Å². The van der Waals surface area contributed by atoms with Gasteiger partial charge in [0.05, 0.1) is 16.3 Å². The van der Waals surface area contributed by atoms with Gasteiger partial charge in [0, 0.05) is 20.8 Å². The largest absolute Gasteiger partial charge is 0.366 e. The highest BCUT2D eigenvalue weighted by Gasteiger charge is 2.04. The van der Waals surface area contributed by atoms with Crippen LogP contribution in [-0.2, 0) is 14.2 Å². The molecule has 98 valence electrons. The quantitative estimate of drug-likeness (QED) is 0.309. The lowest BCUT2D eigenvalue weighted by Gasteiger charge is -2.18. The molecule has 0 heterocycles. The monoisotopic (exact) mass is 249 g/mol. The molecule has 0 rings (SSSR count). The van der Waals surface area contributed by atoms with Crippen molar-refractivity contribution in [1.29, 1.82) is 0 Å². The lowest BCUT2D eigenvalue weighted by atomic mass is 10.5. The van der Waals surface area contributed by atoms with Gasteiger partial charge in [-0.05, 0) is 19.5 Å². The Hall–Kier alpha value is 0.0569. The maximum absolute atomic E-state index is 5.59. The second-order valence-corrected chi connectivity index (χ2v) is 5.69. The molecule has 0 aliphatic carbocycles. The van der Waals surface area contributed by atoms with E-state index < -0.39 is 0 Å². The molecule has 0 N–H and O–H groups in total. The van der Waals surface area contributed by atoms with Crippen LogP contribution in [0.25, 0.3) is 0 Å². The normalized spacial score (nSPS) is 12.4. The van der Waals surface area contributed by atoms with Crippen molar-refractivity contribution >= 4 is 9.52 Å². The second kappa shape index (κ2) is 11.5. The lowest BCUT2D eigenvalue weighted by Crippen LogP contribution is -2.26. The zero-order valence-electron chi connectivity index (χ0n) is 11.2. The van der Waals surface area contributed by atoms with Gasteiger partial charge >= 0.3 is 0 Å². The van der Waals surface area contributed by atoms with E-state index in [0.717, 1.165) is 32.8 Å². The summed E-state index contributed by atoms with van der Waals surface area (Å²) >= 11 is 0. The average molecular weight is 249 g/mol. The molecule has 0 saturated heterocycles. The Morgan fingerprint density at radius 3 is 2.25 bits per heavy atom. The Kier molecular flexibility index (Phi) is 11.6. The molecule has 0 aliphatic rings. The molecule has 0 amide bonds. The Morgan fingerprint density at radius 1 is 1.12 bits per heavy atom. The summed E-state index contributed by atoms with van der Waals surface area (Å²) in [5.74, 6) is 0.0720. The Labute approximate surface area is 102 Å².